The standard InChI is InChI=1S/C27H30N2O4S/c1-21-11-17-26(18-12-21)34(31,32)29(19-22-7-3-2-4-8-22)24-13-15-25(16-14-24)33-20-27(30)28-23-9-5-6-10-23/h2-4,7-8,11-18,23H,5-6,9-10,19-20H2,1H3,(H,28,30). The van der Waals surface area contributed by atoms with E-state index in [0.29, 0.717) is 11.4 Å². The Kier molecular flexibility index (Phi) is 7.53. The first kappa shape index (κ1) is 23.8. The van der Waals surface area contributed by atoms with Crippen LogP contribution >= 0.6 is 0 Å². The van der Waals surface area contributed by atoms with E-state index in [4.69, 9.17) is 4.74 Å². The molecule has 34 heavy (non-hydrogen) atoms. The predicted molar refractivity (Wildman–Crippen MR) is 133 cm³/mol. The third kappa shape index (κ3) is 5.97. The van der Waals surface area contributed by atoms with Gasteiger partial charge in [-0.25, -0.2) is 8.42 Å². The molecule has 0 aromatic heterocycles. The Balaban J connectivity index is 1.51. The Morgan fingerprint density at radius 1 is 0.941 bits per heavy atom. The summed E-state index contributed by atoms with van der Waals surface area (Å²) in [6.45, 7) is 2.05. The Hall–Kier alpha value is -3.32. The molecule has 0 spiro atoms. The second-order valence-corrected chi connectivity index (χ2v) is 10.5. The molecule has 0 atom stereocenters. The van der Waals surface area contributed by atoms with E-state index in [2.05, 4.69) is 5.32 Å². The molecular weight excluding hydrogens is 448 g/mol. The van der Waals surface area contributed by atoms with Crippen LogP contribution in [0.4, 0.5) is 5.69 Å². The molecule has 1 saturated carbocycles. The minimum atomic E-state index is -3.79. The van der Waals surface area contributed by atoms with Crippen molar-refractivity contribution >= 4 is 21.6 Å². The number of rotatable bonds is 9. The number of carbonyl (C=O) groups is 1. The molecule has 1 aliphatic rings. The monoisotopic (exact) mass is 478 g/mol. The van der Waals surface area contributed by atoms with Gasteiger partial charge in [0.1, 0.15) is 5.75 Å². The third-order valence-electron chi connectivity index (χ3n) is 5.99. The quantitative estimate of drug-likeness (QED) is 0.478. The summed E-state index contributed by atoms with van der Waals surface area (Å²) in [5, 5.41) is 3.00. The molecule has 178 valence electrons. The molecule has 7 heteroatoms. The zero-order valence-corrected chi connectivity index (χ0v) is 20.1. The largest absolute Gasteiger partial charge is 0.484 e. The van der Waals surface area contributed by atoms with Crippen molar-refractivity contribution in [3.05, 3.63) is 90.0 Å². The highest BCUT2D eigenvalue weighted by atomic mass is 32.2. The fraction of sp³-hybridized carbons (Fsp3) is 0.296. The lowest BCUT2D eigenvalue weighted by atomic mass is 10.2. The van der Waals surface area contributed by atoms with Crippen LogP contribution in [0, 0.1) is 6.92 Å². The smallest absolute Gasteiger partial charge is 0.264 e. The molecule has 0 bridgehead atoms. The maximum Gasteiger partial charge on any atom is 0.264 e. The van der Waals surface area contributed by atoms with Crippen LogP contribution < -0.4 is 14.4 Å². The summed E-state index contributed by atoms with van der Waals surface area (Å²) in [7, 11) is -3.79. The first-order valence-electron chi connectivity index (χ1n) is 11.6. The van der Waals surface area contributed by atoms with Gasteiger partial charge in [-0.3, -0.25) is 9.10 Å². The van der Waals surface area contributed by atoms with Crippen LogP contribution in [0.2, 0.25) is 0 Å². The second-order valence-electron chi connectivity index (χ2n) is 8.64. The van der Waals surface area contributed by atoms with E-state index in [9.17, 15) is 13.2 Å². The topological polar surface area (TPSA) is 75.7 Å². The molecular formula is C27H30N2O4S. The average molecular weight is 479 g/mol. The molecule has 3 aromatic rings. The van der Waals surface area contributed by atoms with Gasteiger partial charge < -0.3 is 10.1 Å². The van der Waals surface area contributed by atoms with Crippen molar-refractivity contribution in [3.63, 3.8) is 0 Å². The molecule has 1 amide bonds. The Labute approximate surface area is 201 Å². The number of aryl methyl sites for hydroxylation is 1. The number of hydrogen-bond acceptors (Lipinski definition) is 4. The maximum atomic E-state index is 13.6. The van der Waals surface area contributed by atoms with Crippen molar-refractivity contribution in [2.45, 2.75) is 50.1 Å². The number of carbonyl (C=O) groups excluding carboxylic acids is 1. The Morgan fingerprint density at radius 2 is 1.59 bits per heavy atom. The summed E-state index contributed by atoms with van der Waals surface area (Å²) in [6.07, 6.45) is 4.34. The first-order valence-corrected chi connectivity index (χ1v) is 13.0. The molecule has 6 nitrogen and oxygen atoms in total. The molecule has 4 rings (SSSR count). The van der Waals surface area contributed by atoms with Crippen molar-refractivity contribution in [2.75, 3.05) is 10.9 Å². The lowest BCUT2D eigenvalue weighted by Crippen LogP contribution is -2.36. The molecule has 3 aromatic carbocycles. The second kappa shape index (κ2) is 10.7. The van der Waals surface area contributed by atoms with E-state index in [1.54, 1.807) is 48.5 Å². The number of amides is 1. The number of ether oxygens (including phenoxy) is 1. The zero-order valence-electron chi connectivity index (χ0n) is 19.3. The fourth-order valence-electron chi connectivity index (χ4n) is 4.10. The molecule has 0 unspecified atom stereocenters. The molecule has 1 N–H and O–H groups in total. The molecule has 0 radical (unpaired) electrons. The van der Waals surface area contributed by atoms with Crippen molar-refractivity contribution in [1.82, 2.24) is 5.32 Å². The van der Waals surface area contributed by atoms with Gasteiger partial charge in [-0.15, -0.1) is 0 Å². The number of anilines is 1. The molecule has 0 saturated heterocycles. The van der Waals surface area contributed by atoms with Crippen molar-refractivity contribution in [1.29, 1.82) is 0 Å². The Bertz CT molecular complexity index is 1190. The van der Waals surface area contributed by atoms with Gasteiger partial charge in [0.05, 0.1) is 17.1 Å². The van der Waals surface area contributed by atoms with Crippen molar-refractivity contribution in [3.8, 4) is 5.75 Å². The molecule has 1 fully saturated rings. The molecule has 0 heterocycles. The van der Waals surface area contributed by atoms with E-state index in [-0.39, 0.29) is 30.0 Å². The van der Waals surface area contributed by atoms with E-state index in [1.807, 2.05) is 37.3 Å². The van der Waals surface area contributed by atoms with Gasteiger partial charge >= 0.3 is 0 Å². The zero-order chi connectivity index (χ0) is 24.0. The summed E-state index contributed by atoms with van der Waals surface area (Å²) in [5.74, 6) is 0.376. The van der Waals surface area contributed by atoms with Gasteiger partial charge in [0, 0.05) is 6.04 Å². The lowest BCUT2D eigenvalue weighted by molar-refractivity contribution is -0.123. The highest BCUT2D eigenvalue weighted by Crippen LogP contribution is 2.28. The van der Waals surface area contributed by atoms with Crippen LogP contribution in [0.15, 0.2) is 83.8 Å². The van der Waals surface area contributed by atoms with E-state index in [0.717, 1.165) is 36.8 Å². The highest BCUT2D eigenvalue weighted by Gasteiger charge is 2.25. The minimum Gasteiger partial charge on any atom is -0.484 e. The first-order chi connectivity index (χ1) is 16.4. The number of nitrogens with one attached hydrogen (secondary N) is 1. The minimum absolute atomic E-state index is 0.0642. The van der Waals surface area contributed by atoms with Crippen LogP contribution in [0.25, 0.3) is 0 Å². The third-order valence-corrected chi connectivity index (χ3v) is 7.78. The highest BCUT2D eigenvalue weighted by molar-refractivity contribution is 7.92. The van der Waals surface area contributed by atoms with Crippen LogP contribution in [-0.4, -0.2) is 27.0 Å². The number of benzene rings is 3. The van der Waals surface area contributed by atoms with Crippen molar-refractivity contribution < 1.29 is 17.9 Å². The van der Waals surface area contributed by atoms with Gasteiger partial charge in [0.2, 0.25) is 0 Å². The molecule has 1 aliphatic carbocycles. The van der Waals surface area contributed by atoms with E-state index < -0.39 is 10.0 Å². The summed E-state index contributed by atoms with van der Waals surface area (Å²) in [6, 6.07) is 23.4. The van der Waals surface area contributed by atoms with E-state index >= 15 is 0 Å². The normalized spacial score (nSPS) is 14.0. The summed E-state index contributed by atoms with van der Waals surface area (Å²) in [5.41, 5.74) is 2.39. The molecule has 0 aliphatic heterocycles. The van der Waals surface area contributed by atoms with Gasteiger partial charge in [-0.1, -0.05) is 60.9 Å². The number of hydrogen-bond donors (Lipinski definition) is 1. The van der Waals surface area contributed by atoms with Gasteiger partial charge in [-0.05, 0) is 61.7 Å². The summed E-state index contributed by atoms with van der Waals surface area (Å²) >= 11 is 0. The summed E-state index contributed by atoms with van der Waals surface area (Å²) in [4.78, 5) is 12.4. The summed E-state index contributed by atoms with van der Waals surface area (Å²) < 4.78 is 34.1. The van der Waals surface area contributed by atoms with Crippen LogP contribution in [-0.2, 0) is 21.4 Å². The number of nitrogens with zero attached hydrogens (tertiary/aromatic N) is 1. The number of sulfonamides is 1. The van der Waals surface area contributed by atoms with Gasteiger partial charge in [0.25, 0.3) is 15.9 Å². The SMILES string of the molecule is Cc1ccc(S(=O)(=O)N(Cc2ccccc2)c2ccc(OCC(=O)NC3CCCC3)cc2)cc1. The van der Waals surface area contributed by atoms with Crippen LogP contribution in [0.3, 0.4) is 0 Å². The predicted octanol–water partition coefficient (Wildman–Crippen LogP) is 4.83. The fourth-order valence-corrected chi connectivity index (χ4v) is 5.55. The van der Waals surface area contributed by atoms with Gasteiger partial charge in [-0.2, -0.15) is 0 Å². The average Bonchev–Trinajstić information content (AvgIpc) is 3.35. The van der Waals surface area contributed by atoms with Crippen molar-refractivity contribution in [2.24, 2.45) is 0 Å². The lowest BCUT2D eigenvalue weighted by Gasteiger charge is -2.25. The van der Waals surface area contributed by atoms with Crippen LogP contribution in [0.5, 0.6) is 5.75 Å². The van der Waals surface area contributed by atoms with E-state index in [1.165, 1.54) is 4.31 Å². The van der Waals surface area contributed by atoms with Gasteiger partial charge in [0.15, 0.2) is 6.61 Å². The van der Waals surface area contributed by atoms with Crippen LogP contribution in [0.1, 0.15) is 36.8 Å². The maximum absolute atomic E-state index is 13.6. The Morgan fingerprint density at radius 3 is 2.24 bits per heavy atom.